The van der Waals surface area contributed by atoms with E-state index < -0.39 is 0 Å². The largest absolute Gasteiger partial charge is 0.309 e. The SMILES string of the molecule is c1ccc(-c2c3ccccc3c(-c3ccc4cc5cc(-n6c7ccccc7c7ccccc76)ccc5cc4c3)c3ccc(-c4ccc5cc6ccccc6cc5c4)cc23)cc1. The van der Waals surface area contributed by atoms with E-state index in [1.807, 2.05) is 0 Å². The van der Waals surface area contributed by atoms with Gasteiger partial charge in [0.2, 0.25) is 0 Å². The van der Waals surface area contributed by atoms with Crippen LogP contribution in [-0.2, 0) is 0 Å². The van der Waals surface area contributed by atoms with E-state index in [4.69, 9.17) is 0 Å². The minimum absolute atomic E-state index is 1.17. The molecule has 13 rings (SSSR count). The van der Waals surface area contributed by atoms with Crippen molar-refractivity contribution < 1.29 is 0 Å². The van der Waals surface area contributed by atoms with Gasteiger partial charge in [-0.2, -0.15) is 0 Å². The number of nitrogens with zero attached hydrogens (tertiary/aromatic N) is 1. The molecule has 0 amide bonds. The molecule has 1 nitrogen and oxygen atoms in total. The minimum Gasteiger partial charge on any atom is -0.309 e. The molecule has 61 heavy (non-hydrogen) atoms. The second-order valence-corrected chi connectivity index (χ2v) is 16.5. The first kappa shape index (κ1) is 33.9. The van der Waals surface area contributed by atoms with Gasteiger partial charge in [0.05, 0.1) is 11.0 Å². The number of para-hydroxylation sites is 2. The van der Waals surface area contributed by atoms with Crippen molar-refractivity contribution in [3.63, 3.8) is 0 Å². The maximum atomic E-state index is 2.43. The lowest BCUT2D eigenvalue weighted by Gasteiger charge is -2.19. The summed E-state index contributed by atoms with van der Waals surface area (Å²) < 4.78 is 2.40. The Bertz CT molecular complexity index is 3870. The molecule has 0 spiro atoms. The zero-order valence-electron chi connectivity index (χ0n) is 33.3. The Morgan fingerprint density at radius 1 is 0.213 bits per heavy atom. The zero-order valence-corrected chi connectivity index (χ0v) is 33.3. The summed E-state index contributed by atoms with van der Waals surface area (Å²) in [6.45, 7) is 0. The summed E-state index contributed by atoms with van der Waals surface area (Å²) in [5, 5.41) is 17.6. The number of rotatable bonds is 4. The molecule has 0 saturated heterocycles. The van der Waals surface area contributed by atoms with Crippen LogP contribution >= 0.6 is 0 Å². The normalized spacial score (nSPS) is 11.9. The van der Waals surface area contributed by atoms with Crippen molar-refractivity contribution in [3.05, 3.63) is 224 Å². The molecule has 1 aromatic heterocycles. The molecule has 282 valence electrons. The zero-order chi connectivity index (χ0) is 40.0. The van der Waals surface area contributed by atoms with Crippen LogP contribution in [-0.4, -0.2) is 4.57 Å². The van der Waals surface area contributed by atoms with Crippen molar-refractivity contribution in [2.24, 2.45) is 0 Å². The van der Waals surface area contributed by atoms with Crippen LogP contribution in [0.4, 0.5) is 0 Å². The highest BCUT2D eigenvalue weighted by molar-refractivity contribution is 6.22. The summed E-state index contributed by atoms with van der Waals surface area (Å²) >= 11 is 0. The number of aromatic nitrogens is 1. The Morgan fingerprint density at radius 3 is 1.30 bits per heavy atom. The van der Waals surface area contributed by atoms with Gasteiger partial charge < -0.3 is 4.57 Å². The fourth-order valence-corrected chi connectivity index (χ4v) is 10.2. The summed E-state index contributed by atoms with van der Waals surface area (Å²) in [5.74, 6) is 0. The highest BCUT2D eigenvalue weighted by Gasteiger charge is 2.19. The summed E-state index contributed by atoms with van der Waals surface area (Å²) in [6, 6.07) is 83.3. The van der Waals surface area contributed by atoms with E-state index in [2.05, 4.69) is 229 Å². The Hall–Kier alpha value is -8.00. The lowest BCUT2D eigenvalue weighted by Crippen LogP contribution is -1.94. The van der Waals surface area contributed by atoms with E-state index in [9.17, 15) is 0 Å². The lowest BCUT2D eigenvalue weighted by atomic mass is 9.84. The molecule has 0 fully saturated rings. The van der Waals surface area contributed by atoms with Crippen LogP contribution in [0.5, 0.6) is 0 Å². The van der Waals surface area contributed by atoms with E-state index in [1.165, 1.54) is 126 Å². The quantitative estimate of drug-likeness (QED) is 0.157. The lowest BCUT2D eigenvalue weighted by molar-refractivity contribution is 1.19. The van der Waals surface area contributed by atoms with Gasteiger partial charge >= 0.3 is 0 Å². The molecule has 0 unspecified atom stereocenters. The molecule has 0 radical (unpaired) electrons. The van der Waals surface area contributed by atoms with Crippen molar-refractivity contribution in [1.29, 1.82) is 0 Å². The summed E-state index contributed by atoms with van der Waals surface area (Å²) in [5.41, 5.74) is 11.0. The van der Waals surface area contributed by atoms with E-state index in [1.54, 1.807) is 0 Å². The van der Waals surface area contributed by atoms with Crippen LogP contribution in [0, 0.1) is 0 Å². The van der Waals surface area contributed by atoms with Gasteiger partial charge in [0.15, 0.2) is 0 Å². The Balaban J connectivity index is 0.993. The van der Waals surface area contributed by atoms with Crippen molar-refractivity contribution in [1.82, 2.24) is 4.57 Å². The van der Waals surface area contributed by atoms with Gasteiger partial charge in [-0.05, 0) is 165 Å². The molecule has 0 N–H and O–H groups in total. The molecule has 13 aromatic rings. The minimum atomic E-state index is 1.17. The van der Waals surface area contributed by atoms with Crippen molar-refractivity contribution in [2.45, 2.75) is 0 Å². The highest BCUT2D eigenvalue weighted by Crippen LogP contribution is 2.46. The predicted octanol–water partition coefficient (Wildman–Crippen LogP) is 16.7. The average Bonchev–Trinajstić information content (AvgIpc) is 3.66. The molecular formula is C60H37N. The van der Waals surface area contributed by atoms with Crippen molar-refractivity contribution in [2.75, 3.05) is 0 Å². The van der Waals surface area contributed by atoms with Gasteiger partial charge in [-0.1, -0.05) is 158 Å². The van der Waals surface area contributed by atoms with Crippen LogP contribution in [0.15, 0.2) is 224 Å². The van der Waals surface area contributed by atoms with Gasteiger partial charge in [-0.3, -0.25) is 0 Å². The predicted molar refractivity (Wildman–Crippen MR) is 262 cm³/mol. The van der Waals surface area contributed by atoms with Gasteiger partial charge in [0, 0.05) is 16.5 Å². The highest BCUT2D eigenvalue weighted by atomic mass is 15.0. The fourth-order valence-electron chi connectivity index (χ4n) is 10.2. The molecule has 0 aliphatic rings. The van der Waals surface area contributed by atoms with E-state index in [0.29, 0.717) is 0 Å². The number of fused-ring (bicyclic) bond motifs is 9. The Labute approximate surface area is 353 Å². The van der Waals surface area contributed by atoms with Crippen molar-refractivity contribution >= 4 is 86.4 Å². The van der Waals surface area contributed by atoms with E-state index in [0.717, 1.165) is 0 Å². The number of hydrogen-bond acceptors (Lipinski definition) is 0. The maximum Gasteiger partial charge on any atom is 0.0541 e. The molecule has 1 heteroatoms. The first-order chi connectivity index (χ1) is 30.2. The number of benzene rings is 12. The second kappa shape index (κ2) is 13.3. The van der Waals surface area contributed by atoms with Crippen LogP contribution in [0.25, 0.3) is 126 Å². The summed E-state index contributed by atoms with van der Waals surface area (Å²) in [4.78, 5) is 0. The standard InChI is InChI=1S/C60H37N/c1-2-12-38(13-3-1)59-53-18-6-7-19-54(53)60(55-29-27-45(37-56(55)59)41-22-23-42-30-39-14-4-5-15-40(39)31-47(42)32-41)46-25-24-43-34-49-36-50(28-26-44(49)33-48(43)35-46)61-57-20-10-8-16-51(57)52-17-9-11-21-58(52)61/h1-37H. The third-order valence-electron chi connectivity index (χ3n) is 13.0. The topological polar surface area (TPSA) is 4.93 Å². The van der Waals surface area contributed by atoms with Crippen LogP contribution < -0.4 is 0 Å². The Morgan fingerprint density at radius 2 is 0.639 bits per heavy atom. The maximum absolute atomic E-state index is 2.43. The molecule has 0 aliphatic carbocycles. The number of hydrogen-bond donors (Lipinski definition) is 0. The molecule has 0 bridgehead atoms. The van der Waals surface area contributed by atoms with Crippen molar-refractivity contribution in [3.8, 4) is 39.1 Å². The first-order valence-corrected chi connectivity index (χ1v) is 21.2. The van der Waals surface area contributed by atoms with Crippen LogP contribution in [0.2, 0.25) is 0 Å². The molecule has 12 aromatic carbocycles. The summed E-state index contributed by atoms with van der Waals surface area (Å²) in [7, 11) is 0. The molecule has 0 atom stereocenters. The van der Waals surface area contributed by atoms with Gasteiger partial charge in [0.25, 0.3) is 0 Å². The summed E-state index contributed by atoms with van der Waals surface area (Å²) in [6.07, 6.45) is 0. The first-order valence-electron chi connectivity index (χ1n) is 21.2. The molecule has 1 heterocycles. The monoisotopic (exact) mass is 771 g/mol. The fraction of sp³-hybridized carbons (Fsp3) is 0. The Kier molecular flexibility index (Phi) is 7.37. The van der Waals surface area contributed by atoms with Gasteiger partial charge in [-0.25, -0.2) is 0 Å². The third-order valence-corrected chi connectivity index (χ3v) is 13.0. The van der Waals surface area contributed by atoms with E-state index in [-0.39, 0.29) is 0 Å². The smallest absolute Gasteiger partial charge is 0.0541 e. The van der Waals surface area contributed by atoms with Crippen LogP contribution in [0.3, 0.4) is 0 Å². The van der Waals surface area contributed by atoms with Gasteiger partial charge in [-0.15, -0.1) is 0 Å². The third kappa shape index (κ3) is 5.34. The second-order valence-electron chi connectivity index (χ2n) is 16.5. The van der Waals surface area contributed by atoms with E-state index >= 15 is 0 Å². The molecular weight excluding hydrogens is 735 g/mol. The molecule has 0 saturated carbocycles. The molecule has 0 aliphatic heterocycles. The van der Waals surface area contributed by atoms with Crippen LogP contribution in [0.1, 0.15) is 0 Å². The van der Waals surface area contributed by atoms with Gasteiger partial charge in [0.1, 0.15) is 0 Å². The average molecular weight is 772 g/mol.